The molecule has 0 spiro atoms. The highest BCUT2D eigenvalue weighted by molar-refractivity contribution is 7.14. The average Bonchev–Trinajstić information content (AvgIpc) is 3.58. The summed E-state index contributed by atoms with van der Waals surface area (Å²) in [4.78, 5) is 30.7. The van der Waals surface area contributed by atoms with Gasteiger partial charge in [-0.3, -0.25) is 9.59 Å². The predicted molar refractivity (Wildman–Crippen MR) is 135 cm³/mol. The maximum Gasteiger partial charge on any atom is 0.255 e. The molecule has 2 aromatic carbocycles. The van der Waals surface area contributed by atoms with Crippen molar-refractivity contribution in [2.24, 2.45) is 0 Å². The Morgan fingerprint density at radius 1 is 1.09 bits per heavy atom. The van der Waals surface area contributed by atoms with Gasteiger partial charge in [0.2, 0.25) is 5.00 Å². The zero-order valence-corrected chi connectivity index (χ0v) is 20.1. The lowest BCUT2D eigenvalue weighted by molar-refractivity contribution is -0.154. The number of amides is 2. The fourth-order valence-corrected chi connectivity index (χ4v) is 5.14. The van der Waals surface area contributed by atoms with Crippen LogP contribution in [0.4, 0.5) is 5.00 Å². The molecule has 1 aliphatic rings. The minimum atomic E-state index is -1.88. The summed E-state index contributed by atoms with van der Waals surface area (Å²) in [5.41, 5.74) is 3.52. The van der Waals surface area contributed by atoms with Gasteiger partial charge in [0.05, 0.1) is 18.7 Å². The van der Waals surface area contributed by atoms with Gasteiger partial charge in [-0.15, -0.1) is 0 Å². The number of aliphatic hydroxyl groups is 2. The van der Waals surface area contributed by atoms with Crippen molar-refractivity contribution in [2.75, 3.05) is 6.54 Å². The number of thiophene rings is 1. The van der Waals surface area contributed by atoms with Crippen LogP contribution in [-0.2, 0) is 9.59 Å². The summed E-state index contributed by atoms with van der Waals surface area (Å²) in [5, 5.41) is 26.2. The third kappa shape index (κ3) is 5.28. The fourth-order valence-electron chi connectivity index (χ4n) is 4.44. The van der Waals surface area contributed by atoms with Crippen LogP contribution in [0.25, 0.3) is 16.0 Å². The Labute approximate surface area is 208 Å². The van der Waals surface area contributed by atoms with Crippen LogP contribution in [0.15, 0.2) is 66.0 Å². The van der Waals surface area contributed by atoms with Crippen molar-refractivity contribution in [1.29, 1.82) is 0 Å². The third-order valence-electron chi connectivity index (χ3n) is 6.37. The Bertz CT molecular complexity index is 1220. The van der Waals surface area contributed by atoms with E-state index in [1.807, 2.05) is 66.0 Å². The van der Waals surface area contributed by atoms with Crippen molar-refractivity contribution in [2.45, 2.75) is 44.1 Å². The standard InChI is InChI=1S/C27H27N3O4S/c1-17(18-10-12-19(13-11-18)21-14-16-35-26(21)28-2)29-25(33)23(31)24(32)27(34)30-15-6-9-22(30)20-7-4-3-5-8-20/h3-5,7-8,10-14,16-17,22-24,31-32H,6,9,15H2,1H3,(H,29,33)/t17-,22?,23-,24-/m1/s1. The van der Waals surface area contributed by atoms with Crippen LogP contribution >= 0.6 is 11.3 Å². The molecule has 1 unspecified atom stereocenters. The predicted octanol–water partition coefficient (Wildman–Crippen LogP) is 4.23. The number of hydrogen-bond donors (Lipinski definition) is 3. The smallest absolute Gasteiger partial charge is 0.255 e. The van der Waals surface area contributed by atoms with Crippen molar-refractivity contribution in [3.05, 3.63) is 88.6 Å². The molecule has 1 fully saturated rings. The molecule has 2 amide bonds. The molecule has 8 heteroatoms. The van der Waals surface area contributed by atoms with E-state index in [1.165, 1.54) is 11.3 Å². The molecular formula is C27H27N3O4S. The SMILES string of the molecule is [C-]#[N+]c1sccc1-c1ccc([C@@H](C)NC(=O)[C@H](O)[C@@H](O)C(=O)N2CCCC2c2ccccc2)cc1. The first kappa shape index (κ1) is 24.6. The Morgan fingerprint density at radius 3 is 2.49 bits per heavy atom. The number of benzene rings is 2. The van der Waals surface area contributed by atoms with Gasteiger partial charge in [-0.1, -0.05) is 60.7 Å². The quantitative estimate of drug-likeness (QED) is 0.433. The van der Waals surface area contributed by atoms with Gasteiger partial charge < -0.3 is 20.4 Å². The number of carbonyl (C=O) groups excluding carboxylic acids is 2. The molecule has 1 aliphatic heterocycles. The molecule has 3 N–H and O–H groups in total. The monoisotopic (exact) mass is 489 g/mol. The minimum absolute atomic E-state index is 0.183. The van der Waals surface area contributed by atoms with Crippen molar-refractivity contribution in [3.8, 4) is 11.1 Å². The van der Waals surface area contributed by atoms with E-state index in [0.29, 0.717) is 11.5 Å². The van der Waals surface area contributed by atoms with Crippen molar-refractivity contribution in [3.63, 3.8) is 0 Å². The summed E-state index contributed by atoms with van der Waals surface area (Å²) in [6.45, 7) is 9.49. The third-order valence-corrected chi connectivity index (χ3v) is 7.17. The van der Waals surface area contributed by atoms with Crippen LogP contribution in [0.3, 0.4) is 0 Å². The lowest BCUT2D eigenvalue weighted by Gasteiger charge is -2.29. The van der Waals surface area contributed by atoms with E-state index in [9.17, 15) is 19.8 Å². The largest absolute Gasteiger partial charge is 0.380 e. The molecule has 180 valence electrons. The van der Waals surface area contributed by atoms with Gasteiger partial charge in [-0.2, -0.15) is 11.3 Å². The highest BCUT2D eigenvalue weighted by Crippen LogP contribution is 2.36. The van der Waals surface area contributed by atoms with Crippen molar-refractivity contribution >= 4 is 28.2 Å². The number of rotatable bonds is 7. The number of aliphatic hydroxyl groups excluding tert-OH is 2. The molecule has 35 heavy (non-hydrogen) atoms. The highest BCUT2D eigenvalue weighted by Gasteiger charge is 2.38. The lowest BCUT2D eigenvalue weighted by atomic mass is 10.0. The zero-order valence-electron chi connectivity index (χ0n) is 19.3. The molecule has 3 aromatic rings. The number of likely N-dealkylation sites (tertiary alicyclic amines) is 1. The number of carbonyl (C=O) groups is 2. The molecule has 0 saturated carbocycles. The maximum atomic E-state index is 12.9. The zero-order chi connectivity index (χ0) is 24.9. The van der Waals surface area contributed by atoms with E-state index >= 15 is 0 Å². The van der Waals surface area contributed by atoms with Gasteiger partial charge in [0.1, 0.15) is 0 Å². The number of nitrogens with zero attached hydrogens (tertiary/aromatic N) is 2. The average molecular weight is 490 g/mol. The summed E-state index contributed by atoms with van der Waals surface area (Å²) in [6, 6.07) is 18.2. The van der Waals surface area contributed by atoms with Crippen LogP contribution in [0.1, 0.15) is 43.0 Å². The van der Waals surface area contributed by atoms with Crippen LogP contribution in [-0.4, -0.2) is 45.7 Å². The molecule has 2 heterocycles. The molecular weight excluding hydrogens is 462 g/mol. The Hall–Kier alpha value is -3.51. The Balaban J connectivity index is 1.38. The Kier molecular flexibility index (Phi) is 7.61. The van der Waals surface area contributed by atoms with E-state index in [1.54, 1.807) is 11.8 Å². The van der Waals surface area contributed by atoms with Crippen LogP contribution in [0.2, 0.25) is 0 Å². The van der Waals surface area contributed by atoms with Gasteiger partial charge in [-0.05, 0) is 47.4 Å². The molecule has 4 atom stereocenters. The minimum Gasteiger partial charge on any atom is -0.380 e. The summed E-state index contributed by atoms with van der Waals surface area (Å²) in [7, 11) is 0. The molecule has 4 rings (SSSR count). The van der Waals surface area contributed by atoms with Crippen LogP contribution < -0.4 is 5.32 Å². The van der Waals surface area contributed by atoms with E-state index in [2.05, 4.69) is 10.2 Å². The van der Waals surface area contributed by atoms with Crippen molar-refractivity contribution in [1.82, 2.24) is 10.2 Å². The Morgan fingerprint density at radius 2 is 1.80 bits per heavy atom. The molecule has 0 bridgehead atoms. The summed E-state index contributed by atoms with van der Waals surface area (Å²) in [6.07, 6.45) is -2.18. The van der Waals surface area contributed by atoms with Gasteiger partial charge >= 0.3 is 0 Å². The lowest BCUT2D eigenvalue weighted by Crippen LogP contribution is -2.50. The van der Waals surface area contributed by atoms with Crippen LogP contribution in [0.5, 0.6) is 0 Å². The van der Waals surface area contributed by atoms with Crippen molar-refractivity contribution < 1.29 is 19.8 Å². The summed E-state index contributed by atoms with van der Waals surface area (Å²) in [5.74, 6) is -1.46. The van der Waals surface area contributed by atoms with Crippen LogP contribution in [0, 0.1) is 6.57 Å². The van der Waals surface area contributed by atoms with Gasteiger partial charge in [-0.25, -0.2) is 4.85 Å². The van der Waals surface area contributed by atoms with E-state index < -0.39 is 30.1 Å². The topological polar surface area (TPSA) is 94.2 Å². The number of nitrogens with one attached hydrogen (secondary N) is 1. The molecule has 1 aromatic heterocycles. The second kappa shape index (κ2) is 10.8. The van der Waals surface area contributed by atoms with Gasteiger partial charge in [0, 0.05) is 6.54 Å². The highest BCUT2D eigenvalue weighted by atomic mass is 32.1. The second-order valence-corrected chi connectivity index (χ2v) is 9.49. The molecule has 0 radical (unpaired) electrons. The van der Waals surface area contributed by atoms with Gasteiger partial charge in [0.15, 0.2) is 12.2 Å². The molecule has 0 aliphatic carbocycles. The maximum absolute atomic E-state index is 12.9. The first-order valence-electron chi connectivity index (χ1n) is 11.5. The van der Waals surface area contributed by atoms with Gasteiger partial charge in [0.25, 0.3) is 11.8 Å². The first-order valence-corrected chi connectivity index (χ1v) is 12.4. The van der Waals surface area contributed by atoms with E-state index in [4.69, 9.17) is 6.57 Å². The van der Waals surface area contributed by atoms with E-state index in [-0.39, 0.29) is 6.04 Å². The fraction of sp³-hybridized carbons (Fsp3) is 0.296. The first-order chi connectivity index (χ1) is 16.9. The molecule has 7 nitrogen and oxygen atoms in total. The summed E-state index contributed by atoms with van der Waals surface area (Å²) < 4.78 is 0. The molecule has 1 saturated heterocycles. The normalized spacial score (nSPS) is 17.9. The number of hydrogen-bond acceptors (Lipinski definition) is 5. The second-order valence-electron chi connectivity index (χ2n) is 8.59. The summed E-state index contributed by atoms with van der Waals surface area (Å²) >= 11 is 1.39. The van der Waals surface area contributed by atoms with E-state index in [0.717, 1.165) is 35.1 Å².